The van der Waals surface area contributed by atoms with Crippen LogP contribution >= 0.6 is 11.3 Å². The van der Waals surface area contributed by atoms with Crippen LogP contribution < -0.4 is 4.74 Å². The van der Waals surface area contributed by atoms with E-state index in [0.717, 1.165) is 65.4 Å². The fourth-order valence-electron chi connectivity index (χ4n) is 4.09. The molecule has 0 aliphatic carbocycles. The predicted molar refractivity (Wildman–Crippen MR) is 113 cm³/mol. The van der Waals surface area contributed by atoms with Gasteiger partial charge in [0.25, 0.3) is 5.91 Å². The van der Waals surface area contributed by atoms with Gasteiger partial charge in [-0.2, -0.15) is 5.10 Å². The summed E-state index contributed by atoms with van der Waals surface area (Å²) in [6.45, 7) is 2.28. The van der Waals surface area contributed by atoms with Crippen molar-refractivity contribution in [3.63, 3.8) is 0 Å². The Balaban J connectivity index is 1.46. The monoisotopic (exact) mass is 408 g/mol. The summed E-state index contributed by atoms with van der Waals surface area (Å²) in [5.41, 5.74) is 3.93. The zero-order valence-electron chi connectivity index (χ0n) is 16.3. The number of nitrogens with zero attached hydrogens (tertiary/aromatic N) is 3. The summed E-state index contributed by atoms with van der Waals surface area (Å²) in [6, 6.07) is 6.14. The Hall–Kier alpha value is -2.67. The molecule has 1 amide bonds. The average molecular weight is 409 g/mol. The molecule has 1 fully saturated rings. The number of nitrogens with one attached hydrogen (secondary N) is 1. The summed E-state index contributed by atoms with van der Waals surface area (Å²) in [5, 5.41) is 7.49. The van der Waals surface area contributed by atoms with Crippen LogP contribution in [0.3, 0.4) is 0 Å². The number of likely N-dealkylation sites (tertiary alicyclic amines) is 1. The molecule has 2 aliphatic rings. The third-order valence-electron chi connectivity index (χ3n) is 5.68. The molecule has 1 N–H and O–H groups in total. The quantitative estimate of drug-likeness (QED) is 0.676. The number of fused-ring (bicyclic) bond motifs is 3. The van der Waals surface area contributed by atoms with Crippen molar-refractivity contribution in [2.75, 3.05) is 19.7 Å². The van der Waals surface area contributed by atoms with Crippen LogP contribution in [0.15, 0.2) is 30.6 Å². The van der Waals surface area contributed by atoms with E-state index in [0.29, 0.717) is 11.6 Å². The highest BCUT2D eigenvalue weighted by Crippen LogP contribution is 2.39. The van der Waals surface area contributed by atoms with Gasteiger partial charge in [0.05, 0.1) is 18.5 Å². The third-order valence-corrected chi connectivity index (χ3v) is 6.78. The van der Waals surface area contributed by atoms with Crippen LogP contribution in [-0.2, 0) is 6.42 Å². The minimum Gasteiger partial charge on any atom is -0.492 e. The summed E-state index contributed by atoms with van der Waals surface area (Å²) < 4.78 is 6.02. The number of aromatic amines is 1. The van der Waals surface area contributed by atoms with Crippen LogP contribution in [0.25, 0.3) is 22.4 Å². The van der Waals surface area contributed by atoms with Gasteiger partial charge in [-0.25, -0.2) is 4.98 Å². The highest BCUT2D eigenvalue weighted by atomic mass is 32.1. The van der Waals surface area contributed by atoms with E-state index in [-0.39, 0.29) is 5.91 Å². The molecule has 2 aliphatic heterocycles. The minimum atomic E-state index is 0.0856. The first-order valence-electron chi connectivity index (χ1n) is 10.3. The van der Waals surface area contributed by atoms with Crippen molar-refractivity contribution in [1.29, 1.82) is 0 Å². The molecule has 1 saturated heterocycles. The molecule has 29 heavy (non-hydrogen) atoms. The van der Waals surface area contributed by atoms with Gasteiger partial charge in [-0.05, 0) is 30.5 Å². The van der Waals surface area contributed by atoms with Crippen molar-refractivity contribution < 1.29 is 9.53 Å². The summed E-state index contributed by atoms with van der Waals surface area (Å²) in [7, 11) is 0. The number of hydrogen-bond donors (Lipinski definition) is 1. The maximum atomic E-state index is 13.1. The van der Waals surface area contributed by atoms with Gasteiger partial charge < -0.3 is 9.64 Å². The summed E-state index contributed by atoms with van der Waals surface area (Å²) in [5.74, 6) is 0.903. The molecular weight excluding hydrogens is 384 g/mol. The van der Waals surface area contributed by atoms with E-state index in [2.05, 4.69) is 16.3 Å². The predicted octanol–water partition coefficient (Wildman–Crippen LogP) is 4.54. The first-order valence-corrected chi connectivity index (χ1v) is 11.2. The number of amides is 1. The van der Waals surface area contributed by atoms with Gasteiger partial charge in [0.15, 0.2) is 5.01 Å². The number of rotatable bonds is 2. The topological polar surface area (TPSA) is 71.1 Å². The van der Waals surface area contributed by atoms with Gasteiger partial charge in [-0.1, -0.05) is 25.3 Å². The lowest BCUT2D eigenvalue weighted by Gasteiger charge is -2.23. The van der Waals surface area contributed by atoms with E-state index in [4.69, 9.17) is 9.72 Å². The molecule has 2 aromatic heterocycles. The van der Waals surface area contributed by atoms with Crippen molar-refractivity contribution in [2.45, 2.75) is 38.5 Å². The molecule has 0 atom stereocenters. The number of carbonyl (C=O) groups is 1. The molecular formula is C22H24N4O2S. The molecule has 0 spiro atoms. The Kier molecular flexibility index (Phi) is 5.06. The van der Waals surface area contributed by atoms with E-state index in [1.54, 1.807) is 6.20 Å². The van der Waals surface area contributed by atoms with E-state index in [1.165, 1.54) is 30.6 Å². The largest absolute Gasteiger partial charge is 0.492 e. The number of aromatic nitrogens is 3. The number of benzene rings is 1. The lowest BCUT2D eigenvalue weighted by atomic mass is 10.0. The van der Waals surface area contributed by atoms with Crippen LogP contribution in [-0.4, -0.2) is 45.7 Å². The van der Waals surface area contributed by atoms with Crippen LogP contribution in [0.2, 0.25) is 0 Å². The lowest BCUT2D eigenvalue weighted by molar-refractivity contribution is 0.0742. The van der Waals surface area contributed by atoms with E-state index >= 15 is 0 Å². The van der Waals surface area contributed by atoms with Crippen LogP contribution in [0.5, 0.6) is 5.75 Å². The number of hydrogen-bond acceptors (Lipinski definition) is 5. The fourth-order valence-corrected chi connectivity index (χ4v) is 5.11. The summed E-state index contributed by atoms with van der Waals surface area (Å²) >= 11 is 1.53. The SMILES string of the molecule is O=C(c1nc2c(s1)CCOc1cc(-c3cn[nH]c3)ccc1-2)N1CCCCCCC1. The first kappa shape index (κ1) is 18.4. The number of H-pyrrole nitrogens is 1. The zero-order valence-corrected chi connectivity index (χ0v) is 17.1. The first-order chi connectivity index (χ1) is 14.3. The van der Waals surface area contributed by atoms with Crippen molar-refractivity contribution in [3.8, 4) is 28.1 Å². The van der Waals surface area contributed by atoms with Gasteiger partial charge in [0.2, 0.25) is 0 Å². The standard InChI is InChI=1S/C22H24N4O2S/c27-22(26-9-4-2-1-3-5-10-26)21-25-20-17-7-6-15(16-13-23-24-14-16)12-18(17)28-11-8-19(20)29-21/h6-7,12-14H,1-5,8-11H2,(H,23,24). The van der Waals surface area contributed by atoms with Crippen molar-refractivity contribution in [1.82, 2.24) is 20.1 Å². The van der Waals surface area contributed by atoms with Crippen LogP contribution in [0.4, 0.5) is 0 Å². The van der Waals surface area contributed by atoms with E-state index < -0.39 is 0 Å². The summed E-state index contributed by atoms with van der Waals surface area (Å²) in [6.07, 6.45) is 10.3. The molecule has 4 heterocycles. The Morgan fingerprint density at radius 3 is 2.72 bits per heavy atom. The van der Waals surface area contributed by atoms with E-state index in [1.807, 2.05) is 23.2 Å². The highest BCUT2D eigenvalue weighted by Gasteiger charge is 2.26. The average Bonchev–Trinajstić information content (AvgIpc) is 3.35. The van der Waals surface area contributed by atoms with Gasteiger partial charge >= 0.3 is 0 Å². The molecule has 1 aromatic carbocycles. The molecule has 0 bridgehead atoms. The Morgan fingerprint density at radius 1 is 1.10 bits per heavy atom. The second-order valence-corrected chi connectivity index (χ2v) is 8.73. The normalized spacial score (nSPS) is 16.8. The molecule has 6 nitrogen and oxygen atoms in total. The number of thiazole rings is 1. The van der Waals surface area contributed by atoms with Crippen molar-refractivity contribution in [2.24, 2.45) is 0 Å². The highest BCUT2D eigenvalue weighted by molar-refractivity contribution is 7.14. The Bertz CT molecular complexity index is 1000. The Morgan fingerprint density at radius 2 is 1.93 bits per heavy atom. The molecule has 3 aromatic rings. The maximum absolute atomic E-state index is 13.1. The van der Waals surface area contributed by atoms with E-state index in [9.17, 15) is 4.79 Å². The molecule has 7 heteroatoms. The number of carbonyl (C=O) groups excluding carboxylic acids is 1. The van der Waals surface area contributed by atoms with Crippen LogP contribution in [0, 0.1) is 0 Å². The zero-order chi connectivity index (χ0) is 19.6. The smallest absolute Gasteiger partial charge is 0.282 e. The van der Waals surface area contributed by atoms with Gasteiger partial charge in [-0.3, -0.25) is 9.89 Å². The fraction of sp³-hybridized carbons (Fsp3) is 0.409. The van der Waals surface area contributed by atoms with Gasteiger partial charge in [0.1, 0.15) is 5.75 Å². The minimum absolute atomic E-state index is 0.0856. The second kappa shape index (κ2) is 7.99. The third kappa shape index (κ3) is 3.67. The molecule has 5 rings (SSSR count). The van der Waals surface area contributed by atoms with Crippen molar-refractivity contribution in [3.05, 3.63) is 40.5 Å². The van der Waals surface area contributed by atoms with Gasteiger partial charge in [0, 0.05) is 41.7 Å². The molecule has 0 unspecified atom stereocenters. The van der Waals surface area contributed by atoms with Gasteiger partial charge in [-0.15, -0.1) is 11.3 Å². The molecule has 0 saturated carbocycles. The maximum Gasteiger partial charge on any atom is 0.282 e. The van der Waals surface area contributed by atoms with Crippen molar-refractivity contribution >= 4 is 17.2 Å². The molecule has 150 valence electrons. The number of ether oxygens (including phenoxy) is 1. The summed E-state index contributed by atoms with van der Waals surface area (Å²) in [4.78, 5) is 21.1. The lowest BCUT2D eigenvalue weighted by Crippen LogP contribution is -2.33. The second-order valence-electron chi connectivity index (χ2n) is 7.65. The Labute approximate surface area is 173 Å². The molecule has 0 radical (unpaired) electrons. The van der Waals surface area contributed by atoms with Crippen LogP contribution in [0.1, 0.15) is 46.8 Å².